The third-order valence-corrected chi connectivity index (χ3v) is 2.88. The highest BCUT2D eigenvalue weighted by molar-refractivity contribution is 7.12. The van der Waals surface area contributed by atoms with Gasteiger partial charge in [0, 0.05) is 5.56 Å². The molecule has 0 bridgehead atoms. The molecular formula is C9H8N2O2S. The Morgan fingerprint density at radius 2 is 2.14 bits per heavy atom. The third-order valence-electron chi connectivity index (χ3n) is 2.19. The Hall–Kier alpha value is -1.04. The number of benzene rings is 1. The van der Waals surface area contributed by atoms with Crippen molar-refractivity contribution >= 4 is 21.7 Å². The van der Waals surface area contributed by atoms with Gasteiger partial charge in [-0.3, -0.25) is 0 Å². The number of ether oxygens (including phenoxy) is 2. The molecule has 2 heterocycles. The highest BCUT2D eigenvalue weighted by Gasteiger charge is 2.21. The molecule has 0 atom stereocenters. The Kier molecular flexibility index (Phi) is 1.93. The molecule has 0 amide bonds. The van der Waals surface area contributed by atoms with Crippen molar-refractivity contribution in [2.24, 2.45) is 0 Å². The lowest BCUT2D eigenvalue weighted by atomic mass is 10.2. The van der Waals surface area contributed by atoms with E-state index in [1.54, 1.807) is 0 Å². The van der Waals surface area contributed by atoms with Crippen LogP contribution in [0.5, 0.6) is 0 Å². The molecule has 1 aromatic heterocycles. The Balaban J connectivity index is 2.14. The topological polar surface area (TPSA) is 44.2 Å². The molecule has 1 aliphatic heterocycles. The van der Waals surface area contributed by atoms with Crippen LogP contribution in [0.1, 0.15) is 11.9 Å². The van der Waals surface area contributed by atoms with Crippen molar-refractivity contribution in [2.75, 3.05) is 13.2 Å². The van der Waals surface area contributed by atoms with E-state index in [-0.39, 0.29) is 6.29 Å². The summed E-state index contributed by atoms with van der Waals surface area (Å²) in [5.41, 5.74) is 1.87. The van der Waals surface area contributed by atoms with Crippen molar-refractivity contribution in [1.29, 1.82) is 0 Å². The summed E-state index contributed by atoms with van der Waals surface area (Å²) in [5, 5.41) is 4.07. The van der Waals surface area contributed by atoms with E-state index < -0.39 is 0 Å². The van der Waals surface area contributed by atoms with Gasteiger partial charge in [-0.2, -0.15) is 0 Å². The van der Waals surface area contributed by atoms with E-state index in [4.69, 9.17) is 9.47 Å². The van der Waals surface area contributed by atoms with Gasteiger partial charge in [0.25, 0.3) is 0 Å². The number of fused-ring (bicyclic) bond motifs is 1. The second-order valence-electron chi connectivity index (χ2n) is 3.04. The van der Waals surface area contributed by atoms with Gasteiger partial charge in [0.1, 0.15) is 5.52 Å². The van der Waals surface area contributed by atoms with Crippen molar-refractivity contribution in [3.8, 4) is 0 Å². The summed E-state index contributed by atoms with van der Waals surface area (Å²) in [5.74, 6) is 0. The normalized spacial score (nSPS) is 18.0. The van der Waals surface area contributed by atoms with Crippen LogP contribution in [-0.2, 0) is 9.47 Å². The summed E-state index contributed by atoms with van der Waals surface area (Å²) >= 11 is 1.39. The zero-order valence-electron chi connectivity index (χ0n) is 7.34. The first kappa shape index (κ1) is 8.28. The lowest BCUT2D eigenvalue weighted by Crippen LogP contribution is -1.98. The van der Waals surface area contributed by atoms with E-state index in [0.29, 0.717) is 13.2 Å². The molecule has 0 spiro atoms. The zero-order chi connectivity index (χ0) is 9.38. The number of aromatic nitrogens is 2. The van der Waals surface area contributed by atoms with Gasteiger partial charge in [-0.05, 0) is 17.6 Å². The molecule has 2 aromatic rings. The maximum absolute atomic E-state index is 5.43. The molecule has 72 valence electrons. The lowest BCUT2D eigenvalue weighted by Gasteiger charge is -2.08. The molecule has 1 saturated heterocycles. The molecule has 1 aliphatic rings. The fourth-order valence-corrected chi connectivity index (χ4v) is 2.15. The highest BCUT2D eigenvalue weighted by atomic mass is 32.1. The molecule has 0 N–H and O–H groups in total. The number of hydrogen-bond acceptors (Lipinski definition) is 5. The molecule has 1 aromatic carbocycles. The zero-order valence-corrected chi connectivity index (χ0v) is 8.16. The third kappa shape index (κ3) is 1.21. The minimum absolute atomic E-state index is 0.261. The highest BCUT2D eigenvalue weighted by Crippen LogP contribution is 2.29. The predicted octanol–water partition coefficient (Wildman–Crippen LogP) is 1.74. The number of hydrogen-bond donors (Lipinski definition) is 0. The van der Waals surface area contributed by atoms with Crippen molar-refractivity contribution in [1.82, 2.24) is 9.59 Å². The molecule has 1 fully saturated rings. The average Bonchev–Trinajstić information content (AvgIpc) is 2.88. The van der Waals surface area contributed by atoms with Crippen LogP contribution in [0.3, 0.4) is 0 Å². The van der Waals surface area contributed by atoms with Gasteiger partial charge in [-0.25, -0.2) is 0 Å². The van der Waals surface area contributed by atoms with Crippen molar-refractivity contribution in [3.63, 3.8) is 0 Å². The van der Waals surface area contributed by atoms with Crippen molar-refractivity contribution in [3.05, 3.63) is 23.8 Å². The first-order valence-electron chi connectivity index (χ1n) is 4.39. The van der Waals surface area contributed by atoms with E-state index in [2.05, 4.69) is 9.59 Å². The van der Waals surface area contributed by atoms with Crippen LogP contribution in [0, 0.1) is 0 Å². The summed E-state index contributed by atoms with van der Waals surface area (Å²) in [6.07, 6.45) is -0.261. The van der Waals surface area contributed by atoms with Crippen LogP contribution in [0.25, 0.3) is 10.2 Å². The fourth-order valence-electron chi connectivity index (χ4n) is 1.55. The molecule has 0 radical (unpaired) electrons. The summed E-state index contributed by atoms with van der Waals surface area (Å²) in [4.78, 5) is 0. The largest absolute Gasteiger partial charge is 0.346 e. The molecule has 0 saturated carbocycles. The Bertz CT molecular complexity index is 451. The SMILES string of the molecule is c1cc(C2OCCO2)c2nnsc2c1. The first-order valence-corrected chi connectivity index (χ1v) is 5.17. The maximum atomic E-state index is 5.43. The minimum atomic E-state index is -0.261. The molecule has 4 nitrogen and oxygen atoms in total. The summed E-state index contributed by atoms with van der Waals surface area (Å²) in [6.45, 7) is 1.30. The van der Waals surface area contributed by atoms with Gasteiger partial charge in [0.2, 0.25) is 0 Å². The first-order chi connectivity index (χ1) is 6.95. The maximum Gasteiger partial charge on any atom is 0.186 e. The van der Waals surface area contributed by atoms with E-state index in [1.807, 2.05) is 18.2 Å². The van der Waals surface area contributed by atoms with Gasteiger partial charge >= 0.3 is 0 Å². The Morgan fingerprint density at radius 3 is 3.00 bits per heavy atom. The summed E-state index contributed by atoms with van der Waals surface area (Å²) in [6, 6.07) is 5.95. The quantitative estimate of drug-likeness (QED) is 0.716. The van der Waals surface area contributed by atoms with Crippen LogP contribution in [0.15, 0.2) is 18.2 Å². The van der Waals surface area contributed by atoms with Crippen LogP contribution in [0.2, 0.25) is 0 Å². The van der Waals surface area contributed by atoms with Crippen molar-refractivity contribution < 1.29 is 9.47 Å². The Morgan fingerprint density at radius 1 is 1.29 bits per heavy atom. The van der Waals surface area contributed by atoms with E-state index in [1.165, 1.54) is 11.5 Å². The molecule has 3 rings (SSSR count). The van der Waals surface area contributed by atoms with Crippen LogP contribution in [-0.4, -0.2) is 22.8 Å². The van der Waals surface area contributed by atoms with Crippen molar-refractivity contribution in [2.45, 2.75) is 6.29 Å². The van der Waals surface area contributed by atoms with Gasteiger partial charge < -0.3 is 9.47 Å². The lowest BCUT2D eigenvalue weighted by molar-refractivity contribution is -0.0431. The predicted molar refractivity (Wildman–Crippen MR) is 52.1 cm³/mol. The van der Waals surface area contributed by atoms with Gasteiger partial charge in [-0.1, -0.05) is 16.6 Å². The van der Waals surface area contributed by atoms with Crippen LogP contribution < -0.4 is 0 Å². The van der Waals surface area contributed by atoms with E-state index >= 15 is 0 Å². The summed E-state index contributed by atoms with van der Waals surface area (Å²) in [7, 11) is 0. The second kappa shape index (κ2) is 3.27. The second-order valence-corrected chi connectivity index (χ2v) is 3.83. The average molecular weight is 208 g/mol. The molecule has 0 aliphatic carbocycles. The molecule has 14 heavy (non-hydrogen) atoms. The number of nitrogens with zero attached hydrogens (tertiary/aromatic N) is 2. The molecule has 5 heteroatoms. The Labute approximate surface area is 84.6 Å². The summed E-state index contributed by atoms with van der Waals surface area (Å²) < 4.78 is 15.8. The minimum Gasteiger partial charge on any atom is -0.346 e. The molecular weight excluding hydrogens is 200 g/mol. The molecule has 0 unspecified atom stereocenters. The van der Waals surface area contributed by atoms with Gasteiger partial charge in [0.15, 0.2) is 6.29 Å². The standard InChI is InChI=1S/C9H8N2O2S/c1-2-6(9-12-4-5-13-9)8-7(3-1)14-11-10-8/h1-3,9H,4-5H2. The van der Waals surface area contributed by atoms with E-state index in [0.717, 1.165) is 15.8 Å². The van der Waals surface area contributed by atoms with Gasteiger partial charge in [0.05, 0.1) is 17.9 Å². The fraction of sp³-hybridized carbons (Fsp3) is 0.333. The monoisotopic (exact) mass is 208 g/mol. The van der Waals surface area contributed by atoms with Crippen LogP contribution >= 0.6 is 11.5 Å². The number of rotatable bonds is 1. The van der Waals surface area contributed by atoms with E-state index in [9.17, 15) is 0 Å². The van der Waals surface area contributed by atoms with Gasteiger partial charge in [-0.15, -0.1) is 5.10 Å². The smallest absolute Gasteiger partial charge is 0.186 e. The van der Waals surface area contributed by atoms with Crippen LogP contribution in [0.4, 0.5) is 0 Å².